The molecular formula is C22H24N2O4S. The second kappa shape index (κ2) is 6.85. The molecule has 2 aromatic rings. The fraction of sp³-hybridized carbons (Fsp3) is 0.409. The van der Waals surface area contributed by atoms with Crippen LogP contribution in [0.2, 0.25) is 0 Å². The molecule has 1 fully saturated rings. The molecule has 1 aliphatic carbocycles. The van der Waals surface area contributed by atoms with Crippen LogP contribution in [0.25, 0.3) is 0 Å². The van der Waals surface area contributed by atoms with Crippen LogP contribution in [0.15, 0.2) is 47.4 Å². The van der Waals surface area contributed by atoms with E-state index in [1.165, 1.54) is 16.3 Å². The van der Waals surface area contributed by atoms with Gasteiger partial charge in [0, 0.05) is 25.9 Å². The van der Waals surface area contributed by atoms with Gasteiger partial charge in [0.1, 0.15) is 5.75 Å². The molecule has 1 N–H and O–H groups in total. The molecule has 1 saturated heterocycles. The van der Waals surface area contributed by atoms with E-state index >= 15 is 0 Å². The van der Waals surface area contributed by atoms with Crippen LogP contribution in [0, 0.1) is 0 Å². The molecule has 0 radical (unpaired) electrons. The van der Waals surface area contributed by atoms with Crippen molar-refractivity contribution >= 4 is 15.9 Å². The van der Waals surface area contributed by atoms with E-state index in [9.17, 15) is 13.2 Å². The summed E-state index contributed by atoms with van der Waals surface area (Å²) in [5.41, 5.74) is 2.10. The fourth-order valence-electron chi connectivity index (χ4n) is 4.59. The lowest BCUT2D eigenvalue weighted by atomic mass is 9.92. The highest BCUT2D eigenvalue weighted by Crippen LogP contribution is 2.35. The fourth-order valence-corrected chi connectivity index (χ4v) is 6.08. The number of aryl methyl sites for hydroxylation is 2. The van der Waals surface area contributed by atoms with Gasteiger partial charge in [-0.3, -0.25) is 4.79 Å². The lowest BCUT2D eigenvalue weighted by Crippen LogP contribution is -2.61. The highest BCUT2D eigenvalue weighted by Gasteiger charge is 2.44. The van der Waals surface area contributed by atoms with Crippen LogP contribution in [-0.4, -0.2) is 37.4 Å². The zero-order valence-corrected chi connectivity index (χ0v) is 17.0. The van der Waals surface area contributed by atoms with Gasteiger partial charge in [-0.1, -0.05) is 18.2 Å². The number of piperidine rings is 1. The quantitative estimate of drug-likeness (QED) is 0.823. The minimum Gasteiger partial charge on any atom is -0.467 e. The van der Waals surface area contributed by atoms with Gasteiger partial charge < -0.3 is 10.1 Å². The van der Waals surface area contributed by atoms with E-state index in [1.807, 2.05) is 18.2 Å². The Balaban J connectivity index is 1.35. The van der Waals surface area contributed by atoms with Gasteiger partial charge in [0.15, 0.2) is 5.72 Å². The zero-order chi connectivity index (χ0) is 20.1. The summed E-state index contributed by atoms with van der Waals surface area (Å²) in [5, 5.41) is 2.96. The van der Waals surface area contributed by atoms with E-state index in [2.05, 4.69) is 5.32 Å². The number of fused-ring (bicyclic) bond motifs is 2. The Kier molecular flexibility index (Phi) is 4.40. The summed E-state index contributed by atoms with van der Waals surface area (Å²) < 4.78 is 34.0. The highest BCUT2D eigenvalue weighted by atomic mass is 32.2. The molecule has 2 heterocycles. The average Bonchev–Trinajstić information content (AvgIpc) is 2.74. The van der Waals surface area contributed by atoms with Crippen molar-refractivity contribution in [1.82, 2.24) is 9.62 Å². The maximum absolute atomic E-state index is 13.2. The molecule has 0 unspecified atom stereocenters. The minimum atomic E-state index is -3.56. The summed E-state index contributed by atoms with van der Waals surface area (Å²) in [5.74, 6) is 0.389. The lowest BCUT2D eigenvalue weighted by molar-refractivity contribution is -0.0155. The summed E-state index contributed by atoms with van der Waals surface area (Å²) in [6, 6.07) is 12.7. The molecular weight excluding hydrogens is 388 g/mol. The second-order valence-corrected chi connectivity index (χ2v) is 10.0. The molecule has 29 heavy (non-hydrogen) atoms. The van der Waals surface area contributed by atoms with Gasteiger partial charge in [0.05, 0.1) is 10.5 Å². The lowest BCUT2D eigenvalue weighted by Gasteiger charge is -2.44. The van der Waals surface area contributed by atoms with Gasteiger partial charge in [-0.15, -0.1) is 0 Å². The second-order valence-electron chi connectivity index (χ2n) is 8.09. The topological polar surface area (TPSA) is 75.7 Å². The number of hydrogen-bond acceptors (Lipinski definition) is 4. The number of para-hydroxylation sites is 1. The first-order valence-electron chi connectivity index (χ1n) is 10.2. The van der Waals surface area contributed by atoms with Crippen LogP contribution < -0.4 is 10.1 Å². The molecule has 2 aliphatic heterocycles. The van der Waals surface area contributed by atoms with Crippen molar-refractivity contribution in [2.75, 3.05) is 13.1 Å². The standard InChI is InChI=1S/C22H24N2O4S/c25-21-19-7-3-4-8-20(19)28-22(23-21)11-13-24(14-12-22)29(26,27)18-10-9-16-5-1-2-6-17(16)15-18/h3-4,7-10,15H,1-2,5-6,11-14H2,(H,23,25). The predicted molar refractivity (Wildman–Crippen MR) is 108 cm³/mol. The highest BCUT2D eigenvalue weighted by molar-refractivity contribution is 7.89. The summed E-state index contributed by atoms with van der Waals surface area (Å²) in [6.45, 7) is 0.615. The van der Waals surface area contributed by atoms with Crippen molar-refractivity contribution in [2.45, 2.75) is 49.1 Å². The van der Waals surface area contributed by atoms with Crippen molar-refractivity contribution in [2.24, 2.45) is 0 Å². The molecule has 1 spiro atoms. The van der Waals surface area contributed by atoms with Crippen molar-refractivity contribution in [3.8, 4) is 5.75 Å². The van der Waals surface area contributed by atoms with Crippen molar-refractivity contribution in [1.29, 1.82) is 0 Å². The average molecular weight is 413 g/mol. The van der Waals surface area contributed by atoms with Crippen LogP contribution in [0.1, 0.15) is 47.2 Å². The SMILES string of the molecule is O=C1NC2(CCN(S(=O)(=O)c3ccc4c(c3)CCCC4)CC2)Oc2ccccc21. The number of rotatable bonds is 2. The largest absolute Gasteiger partial charge is 0.467 e. The molecule has 6 nitrogen and oxygen atoms in total. The monoisotopic (exact) mass is 412 g/mol. The van der Waals surface area contributed by atoms with Gasteiger partial charge in [-0.25, -0.2) is 8.42 Å². The molecule has 3 aliphatic rings. The number of carbonyl (C=O) groups excluding carboxylic acids is 1. The first kappa shape index (κ1) is 18.6. The maximum atomic E-state index is 13.2. The van der Waals surface area contributed by atoms with Gasteiger partial charge in [-0.05, 0) is 61.1 Å². The van der Waals surface area contributed by atoms with Crippen molar-refractivity contribution in [3.05, 3.63) is 59.2 Å². The van der Waals surface area contributed by atoms with E-state index in [0.29, 0.717) is 42.1 Å². The van der Waals surface area contributed by atoms with E-state index in [4.69, 9.17) is 4.74 Å². The van der Waals surface area contributed by atoms with Crippen LogP contribution in [0.3, 0.4) is 0 Å². The predicted octanol–water partition coefficient (Wildman–Crippen LogP) is 2.87. The molecule has 0 aromatic heterocycles. The van der Waals surface area contributed by atoms with Crippen LogP contribution >= 0.6 is 0 Å². The summed E-state index contributed by atoms with van der Waals surface area (Å²) in [7, 11) is -3.56. The number of carbonyl (C=O) groups is 1. The maximum Gasteiger partial charge on any atom is 0.258 e. The number of ether oxygens (including phenoxy) is 1. The van der Waals surface area contributed by atoms with E-state index in [-0.39, 0.29) is 5.91 Å². The molecule has 7 heteroatoms. The van der Waals surface area contributed by atoms with Gasteiger partial charge in [0.25, 0.3) is 5.91 Å². The van der Waals surface area contributed by atoms with Gasteiger partial charge >= 0.3 is 0 Å². The summed E-state index contributed by atoms with van der Waals surface area (Å²) in [4.78, 5) is 12.8. The molecule has 5 rings (SSSR count). The zero-order valence-electron chi connectivity index (χ0n) is 16.2. The number of nitrogens with one attached hydrogen (secondary N) is 1. The molecule has 0 saturated carbocycles. The Bertz CT molecular complexity index is 1070. The van der Waals surface area contributed by atoms with E-state index < -0.39 is 15.7 Å². The molecule has 1 amide bonds. The third-order valence-electron chi connectivity index (χ3n) is 6.27. The van der Waals surface area contributed by atoms with Gasteiger partial charge in [-0.2, -0.15) is 4.31 Å². The number of amides is 1. The summed E-state index contributed by atoms with van der Waals surface area (Å²) >= 11 is 0. The number of sulfonamides is 1. The number of benzene rings is 2. The number of nitrogens with zero attached hydrogens (tertiary/aromatic N) is 1. The third-order valence-corrected chi connectivity index (χ3v) is 8.16. The molecule has 0 bridgehead atoms. The Morgan fingerprint density at radius 3 is 2.48 bits per heavy atom. The minimum absolute atomic E-state index is 0.169. The van der Waals surface area contributed by atoms with Crippen LogP contribution in [0.5, 0.6) is 5.75 Å². The van der Waals surface area contributed by atoms with Crippen LogP contribution in [0.4, 0.5) is 0 Å². The molecule has 152 valence electrons. The summed E-state index contributed by atoms with van der Waals surface area (Å²) in [6.07, 6.45) is 5.08. The van der Waals surface area contributed by atoms with Gasteiger partial charge in [0.2, 0.25) is 10.0 Å². The molecule has 2 aromatic carbocycles. The smallest absolute Gasteiger partial charge is 0.258 e. The van der Waals surface area contributed by atoms with E-state index in [0.717, 1.165) is 24.8 Å². The Labute approximate surface area is 170 Å². The Morgan fingerprint density at radius 2 is 1.69 bits per heavy atom. The Hall–Kier alpha value is -2.38. The third kappa shape index (κ3) is 3.22. The first-order chi connectivity index (χ1) is 14.0. The Morgan fingerprint density at radius 1 is 0.966 bits per heavy atom. The van der Waals surface area contributed by atoms with Crippen molar-refractivity contribution in [3.63, 3.8) is 0 Å². The molecule has 0 atom stereocenters. The van der Waals surface area contributed by atoms with Crippen LogP contribution in [-0.2, 0) is 22.9 Å². The van der Waals surface area contributed by atoms with Crippen molar-refractivity contribution < 1.29 is 17.9 Å². The number of hydrogen-bond donors (Lipinski definition) is 1. The first-order valence-corrected chi connectivity index (χ1v) is 11.6. The van der Waals surface area contributed by atoms with E-state index in [1.54, 1.807) is 24.3 Å². The normalized spacial score (nSPS) is 21.0.